The van der Waals surface area contributed by atoms with Crippen LogP contribution in [0.1, 0.15) is 21.5 Å². The Bertz CT molecular complexity index is 610. The molecule has 0 radical (unpaired) electrons. The van der Waals surface area contributed by atoms with Gasteiger partial charge in [-0.1, -0.05) is 40.2 Å². The van der Waals surface area contributed by atoms with E-state index in [2.05, 4.69) is 40.0 Å². The Balaban J connectivity index is 1.96. The summed E-state index contributed by atoms with van der Waals surface area (Å²) in [7, 11) is 3.47. The Labute approximate surface area is 133 Å². The highest BCUT2D eigenvalue weighted by atomic mass is 79.9. The van der Waals surface area contributed by atoms with Gasteiger partial charge >= 0.3 is 5.97 Å². The van der Waals surface area contributed by atoms with E-state index in [1.165, 1.54) is 18.2 Å². The van der Waals surface area contributed by atoms with Crippen LogP contribution in [0.15, 0.2) is 53.0 Å². The zero-order valence-electron chi connectivity index (χ0n) is 12.2. The number of halogens is 1. The Kier molecular flexibility index (Phi) is 5.53. The molecule has 0 amide bonds. The first-order valence-corrected chi connectivity index (χ1v) is 7.48. The van der Waals surface area contributed by atoms with Crippen molar-refractivity contribution in [2.24, 2.45) is 0 Å². The van der Waals surface area contributed by atoms with Crippen LogP contribution in [0, 0.1) is 0 Å². The molecule has 4 heteroatoms. The van der Waals surface area contributed by atoms with Crippen molar-refractivity contribution in [3.63, 3.8) is 0 Å². The van der Waals surface area contributed by atoms with Crippen LogP contribution in [0.3, 0.4) is 0 Å². The van der Waals surface area contributed by atoms with Crippen LogP contribution in [-0.4, -0.2) is 25.0 Å². The number of esters is 1. The molecule has 0 aliphatic rings. The lowest BCUT2D eigenvalue weighted by molar-refractivity contribution is 0.0600. The molecule has 0 aliphatic heterocycles. The maximum atomic E-state index is 11.4. The van der Waals surface area contributed by atoms with Gasteiger partial charge in [0.25, 0.3) is 0 Å². The molecule has 0 atom stereocenters. The van der Waals surface area contributed by atoms with E-state index < -0.39 is 0 Å². The molecular formula is C17H18BrNO2. The number of hydrogen-bond donors (Lipinski definition) is 0. The van der Waals surface area contributed by atoms with Crippen molar-refractivity contribution in [1.29, 1.82) is 0 Å². The Morgan fingerprint density at radius 1 is 1.10 bits per heavy atom. The van der Waals surface area contributed by atoms with Crippen LogP contribution in [0.25, 0.3) is 0 Å². The molecular weight excluding hydrogens is 330 g/mol. The third-order valence-electron chi connectivity index (χ3n) is 3.17. The van der Waals surface area contributed by atoms with Crippen molar-refractivity contribution in [2.75, 3.05) is 14.2 Å². The molecule has 0 N–H and O–H groups in total. The van der Waals surface area contributed by atoms with Crippen molar-refractivity contribution in [3.8, 4) is 0 Å². The van der Waals surface area contributed by atoms with Crippen LogP contribution in [0.2, 0.25) is 0 Å². The summed E-state index contributed by atoms with van der Waals surface area (Å²) in [4.78, 5) is 13.6. The lowest BCUT2D eigenvalue weighted by atomic mass is 10.1. The first kappa shape index (κ1) is 15.7. The van der Waals surface area contributed by atoms with Crippen LogP contribution in [-0.2, 0) is 17.8 Å². The van der Waals surface area contributed by atoms with Gasteiger partial charge < -0.3 is 4.74 Å². The van der Waals surface area contributed by atoms with Gasteiger partial charge in [-0.15, -0.1) is 0 Å². The summed E-state index contributed by atoms with van der Waals surface area (Å²) in [5.41, 5.74) is 3.01. The fraction of sp³-hybridized carbons (Fsp3) is 0.235. The normalized spacial score (nSPS) is 10.7. The summed E-state index contributed by atoms with van der Waals surface area (Å²) in [6, 6.07) is 15.8. The maximum Gasteiger partial charge on any atom is 0.337 e. The van der Waals surface area contributed by atoms with Crippen LogP contribution in [0.5, 0.6) is 0 Å². The molecule has 0 saturated carbocycles. The highest BCUT2D eigenvalue weighted by molar-refractivity contribution is 9.10. The number of carbonyl (C=O) groups excluding carboxylic acids is 1. The van der Waals surface area contributed by atoms with Gasteiger partial charge in [0.2, 0.25) is 0 Å². The Morgan fingerprint density at radius 3 is 2.38 bits per heavy atom. The second-order valence-electron chi connectivity index (χ2n) is 4.99. The topological polar surface area (TPSA) is 29.5 Å². The predicted octanol–water partition coefficient (Wildman–Crippen LogP) is 3.87. The average molecular weight is 348 g/mol. The number of ether oxygens (including phenoxy) is 1. The molecule has 3 nitrogen and oxygen atoms in total. The average Bonchev–Trinajstić information content (AvgIpc) is 2.47. The molecule has 0 fully saturated rings. The van der Waals surface area contributed by atoms with Crippen LogP contribution in [0.4, 0.5) is 0 Å². The van der Waals surface area contributed by atoms with Crippen molar-refractivity contribution >= 4 is 21.9 Å². The molecule has 21 heavy (non-hydrogen) atoms. The minimum absolute atomic E-state index is 0.302. The molecule has 0 aromatic heterocycles. The van der Waals surface area contributed by atoms with Gasteiger partial charge in [0.15, 0.2) is 0 Å². The summed E-state index contributed by atoms with van der Waals surface area (Å²) < 4.78 is 5.79. The molecule has 2 aromatic carbocycles. The standard InChI is InChI=1S/C17H18BrNO2/c1-19(12-14-4-3-5-16(18)10-14)11-13-6-8-15(9-7-13)17(20)21-2/h3-10H,11-12H2,1-2H3. The SMILES string of the molecule is COC(=O)c1ccc(CN(C)Cc2cccc(Br)c2)cc1. The van der Waals surface area contributed by atoms with E-state index in [-0.39, 0.29) is 5.97 Å². The molecule has 0 aliphatic carbocycles. The zero-order chi connectivity index (χ0) is 15.2. The highest BCUT2D eigenvalue weighted by Gasteiger charge is 2.06. The van der Waals surface area contributed by atoms with E-state index in [0.717, 1.165) is 17.6 Å². The van der Waals surface area contributed by atoms with Crippen LogP contribution < -0.4 is 0 Å². The minimum atomic E-state index is -0.302. The molecule has 0 heterocycles. The lowest BCUT2D eigenvalue weighted by Gasteiger charge is -2.17. The second kappa shape index (κ2) is 7.38. The minimum Gasteiger partial charge on any atom is -0.465 e. The fourth-order valence-corrected chi connectivity index (χ4v) is 2.63. The number of nitrogens with zero attached hydrogens (tertiary/aromatic N) is 1. The quantitative estimate of drug-likeness (QED) is 0.769. The monoisotopic (exact) mass is 347 g/mol. The predicted molar refractivity (Wildman–Crippen MR) is 87.1 cm³/mol. The van der Waals surface area contributed by atoms with E-state index in [1.807, 2.05) is 24.3 Å². The lowest BCUT2D eigenvalue weighted by Crippen LogP contribution is -2.17. The molecule has 0 saturated heterocycles. The van der Waals surface area contributed by atoms with Crippen molar-refractivity contribution < 1.29 is 9.53 Å². The molecule has 2 aromatic rings. The van der Waals surface area contributed by atoms with Gasteiger partial charge in [0.1, 0.15) is 0 Å². The van der Waals surface area contributed by atoms with Gasteiger partial charge in [-0.2, -0.15) is 0 Å². The summed E-state index contributed by atoms with van der Waals surface area (Å²) in [5, 5.41) is 0. The largest absolute Gasteiger partial charge is 0.465 e. The van der Waals surface area contributed by atoms with Gasteiger partial charge in [0, 0.05) is 17.6 Å². The first-order valence-electron chi connectivity index (χ1n) is 6.68. The Hall–Kier alpha value is -1.65. The van der Waals surface area contributed by atoms with E-state index in [1.54, 1.807) is 12.1 Å². The van der Waals surface area contributed by atoms with E-state index >= 15 is 0 Å². The number of benzene rings is 2. The second-order valence-corrected chi connectivity index (χ2v) is 5.91. The van der Waals surface area contributed by atoms with Crippen molar-refractivity contribution in [2.45, 2.75) is 13.1 Å². The van der Waals surface area contributed by atoms with Crippen LogP contribution >= 0.6 is 15.9 Å². The number of hydrogen-bond acceptors (Lipinski definition) is 3. The third-order valence-corrected chi connectivity index (χ3v) is 3.66. The van der Waals surface area contributed by atoms with E-state index in [4.69, 9.17) is 4.74 Å². The number of carbonyl (C=O) groups is 1. The fourth-order valence-electron chi connectivity index (χ4n) is 2.18. The Morgan fingerprint density at radius 2 is 1.76 bits per heavy atom. The number of rotatable bonds is 5. The summed E-state index contributed by atoms with van der Waals surface area (Å²) in [5.74, 6) is -0.302. The van der Waals surface area contributed by atoms with Gasteiger partial charge in [-0.05, 0) is 42.4 Å². The van der Waals surface area contributed by atoms with Gasteiger partial charge in [-0.25, -0.2) is 4.79 Å². The summed E-state index contributed by atoms with van der Waals surface area (Å²) >= 11 is 3.48. The molecule has 0 spiro atoms. The maximum absolute atomic E-state index is 11.4. The number of methoxy groups -OCH3 is 1. The molecule has 0 bridgehead atoms. The van der Waals surface area contributed by atoms with E-state index in [0.29, 0.717) is 5.56 Å². The smallest absolute Gasteiger partial charge is 0.337 e. The third kappa shape index (κ3) is 4.69. The molecule has 0 unspecified atom stereocenters. The van der Waals surface area contributed by atoms with Gasteiger partial charge in [0.05, 0.1) is 12.7 Å². The summed E-state index contributed by atoms with van der Waals surface area (Å²) in [6.45, 7) is 1.70. The van der Waals surface area contributed by atoms with Crippen molar-refractivity contribution in [3.05, 3.63) is 69.7 Å². The first-order chi connectivity index (χ1) is 10.1. The van der Waals surface area contributed by atoms with Crippen molar-refractivity contribution in [1.82, 2.24) is 4.90 Å². The van der Waals surface area contributed by atoms with Gasteiger partial charge in [-0.3, -0.25) is 4.90 Å². The highest BCUT2D eigenvalue weighted by Crippen LogP contribution is 2.14. The van der Waals surface area contributed by atoms with E-state index in [9.17, 15) is 4.79 Å². The zero-order valence-corrected chi connectivity index (χ0v) is 13.8. The molecule has 2 rings (SSSR count). The summed E-state index contributed by atoms with van der Waals surface area (Å²) in [6.07, 6.45) is 0. The molecule has 110 valence electrons.